The second kappa shape index (κ2) is 14.3. The van der Waals surface area contributed by atoms with Gasteiger partial charge in [0.25, 0.3) is 5.91 Å². The number of nitrogens with one attached hydrogen (secondary N) is 3. The van der Waals surface area contributed by atoms with Gasteiger partial charge in [-0.2, -0.15) is 0 Å². The molecule has 2 saturated carbocycles. The third-order valence-electron chi connectivity index (χ3n) is 9.45. The fourth-order valence-corrected chi connectivity index (χ4v) is 7.18. The zero-order valence-corrected chi connectivity index (χ0v) is 25.6. The molecule has 2 aliphatic carbocycles. The maximum atomic E-state index is 13.7. The SMILES string of the molecule is CCCN(C1CCCCC1)[C@H]1CC[C@H](NCc2ccc(C(=O)N(Cc3ncc[nH]3)Cc3nc4ccccc4[nH]3)cc2)CC1. The van der Waals surface area contributed by atoms with Crippen LogP contribution in [0.25, 0.3) is 11.0 Å². The Labute approximate surface area is 255 Å². The summed E-state index contributed by atoms with van der Waals surface area (Å²) in [6.07, 6.45) is 16.9. The van der Waals surface area contributed by atoms with E-state index in [1.165, 1.54) is 76.3 Å². The Morgan fingerprint density at radius 1 is 0.907 bits per heavy atom. The minimum atomic E-state index is -0.0377. The predicted octanol–water partition coefficient (Wildman–Crippen LogP) is 6.57. The van der Waals surface area contributed by atoms with Gasteiger partial charge in [-0.25, -0.2) is 9.97 Å². The first-order valence-electron chi connectivity index (χ1n) is 16.5. The lowest BCUT2D eigenvalue weighted by Crippen LogP contribution is -2.48. The van der Waals surface area contributed by atoms with Crippen molar-refractivity contribution in [3.05, 3.63) is 83.7 Å². The van der Waals surface area contributed by atoms with Gasteiger partial charge in [-0.1, -0.05) is 50.5 Å². The van der Waals surface area contributed by atoms with E-state index in [1.54, 1.807) is 17.3 Å². The zero-order chi connectivity index (χ0) is 29.4. The molecule has 2 aromatic heterocycles. The molecular formula is C35H47N7O. The summed E-state index contributed by atoms with van der Waals surface area (Å²) in [6, 6.07) is 18.2. The summed E-state index contributed by atoms with van der Waals surface area (Å²) in [5.41, 5.74) is 3.75. The van der Waals surface area contributed by atoms with Gasteiger partial charge in [0.05, 0.1) is 24.1 Å². The number of imidazole rings is 2. The van der Waals surface area contributed by atoms with Crippen molar-refractivity contribution in [2.75, 3.05) is 6.54 Å². The Morgan fingerprint density at radius 3 is 2.37 bits per heavy atom. The standard InChI is InChI=1S/C35H47N7O/c1-2-22-42(29-8-4-3-5-9-29)30-18-16-28(17-19-30)38-23-26-12-14-27(15-13-26)35(43)41(24-33-36-20-21-37-33)25-34-39-31-10-6-7-11-32(31)40-34/h6-7,10-15,20-21,28-30,38H,2-5,8-9,16-19,22-25H2,1H3,(H,36,37)(H,39,40)/t28-,30-. The maximum Gasteiger partial charge on any atom is 0.254 e. The number of nitrogens with zero attached hydrogens (tertiary/aromatic N) is 4. The normalized spacial score (nSPS) is 19.7. The molecular weight excluding hydrogens is 534 g/mol. The van der Waals surface area contributed by atoms with E-state index >= 15 is 0 Å². The molecule has 0 aliphatic heterocycles. The van der Waals surface area contributed by atoms with Crippen molar-refractivity contribution in [3.63, 3.8) is 0 Å². The van der Waals surface area contributed by atoms with E-state index in [0.717, 1.165) is 41.3 Å². The van der Waals surface area contributed by atoms with Gasteiger partial charge in [0.1, 0.15) is 11.6 Å². The predicted molar refractivity (Wildman–Crippen MR) is 171 cm³/mol. The third kappa shape index (κ3) is 7.54. The van der Waals surface area contributed by atoms with Gasteiger partial charge < -0.3 is 20.2 Å². The topological polar surface area (TPSA) is 92.9 Å². The van der Waals surface area contributed by atoms with Crippen LogP contribution in [0.4, 0.5) is 0 Å². The highest BCUT2D eigenvalue weighted by atomic mass is 16.2. The van der Waals surface area contributed by atoms with Crippen LogP contribution in [0.1, 0.15) is 98.7 Å². The Balaban J connectivity index is 1.03. The Morgan fingerprint density at radius 2 is 1.65 bits per heavy atom. The fraction of sp³-hybridized carbons (Fsp3) is 0.514. The van der Waals surface area contributed by atoms with Crippen molar-refractivity contribution in [2.24, 2.45) is 0 Å². The van der Waals surface area contributed by atoms with Gasteiger partial charge in [0, 0.05) is 42.6 Å². The minimum Gasteiger partial charge on any atom is -0.347 e. The molecule has 43 heavy (non-hydrogen) atoms. The summed E-state index contributed by atoms with van der Waals surface area (Å²) in [5, 5.41) is 3.82. The highest BCUT2D eigenvalue weighted by Crippen LogP contribution is 2.30. The molecule has 0 atom stereocenters. The average molecular weight is 582 g/mol. The molecule has 1 amide bonds. The average Bonchev–Trinajstić information content (AvgIpc) is 3.73. The number of para-hydroxylation sites is 2. The summed E-state index contributed by atoms with van der Waals surface area (Å²) in [4.78, 5) is 33.9. The van der Waals surface area contributed by atoms with Crippen molar-refractivity contribution < 1.29 is 4.79 Å². The monoisotopic (exact) mass is 581 g/mol. The van der Waals surface area contributed by atoms with Crippen LogP contribution >= 0.6 is 0 Å². The summed E-state index contributed by atoms with van der Waals surface area (Å²) in [5.74, 6) is 1.47. The number of aromatic nitrogens is 4. The van der Waals surface area contributed by atoms with Crippen LogP contribution in [0, 0.1) is 0 Å². The second-order valence-corrected chi connectivity index (χ2v) is 12.5. The number of carbonyl (C=O) groups is 1. The first-order chi connectivity index (χ1) is 21.2. The maximum absolute atomic E-state index is 13.7. The molecule has 3 N–H and O–H groups in total. The molecule has 8 nitrogen and oxygen atoms in total. The molecule has 2 heterocycles. The van der Waals surface area contributed by atoms with E-state index in [1.807, 2.05) is 36.4 Å². The fourth-order valence-electron chi connectivity index (χ4n) is 7.18. The van der Waals surface area contributed by atoms with E-state index < -0.39 is 0 Å². The number of hydrogen-bond acceptors (Lipinski definition) is 5. The molecule has 0 spiro atoms. The largest absolute Gasteiger partial charge is 0.347 e. The molecule has 2 fully saturated rings. The molecule has 0 radical (unpaired) electrons. The molecule has 6 rings (SSSR count). The number of carbonyl (C=O) groups excluding carboxylic acids is 1. The first-order valence-corrected chi connectivity index (χ1v) is 16.5. The number of H-pyrrole nitrogens is 2. The van der Waals surface area contributed by atoms with Crippen LogP contribution in [0.15, 0.2) is 60.9 Å². The smallest absolute Gasteiger partial charge is 0.254 e. The summed E-state index contributed by atoms with van der Waals surface area (Å²) in [6.45, 7) is 5.18. The van der Waals surface area contributed by atoms with Crippen molar-refractivity contribution in [1.29, 1.82) is 0 Å². The van der Waals surface area contributed by atoms with E-state index in [2.05, 4.69) is 44.2 Å². The van der Waals surface area contributed by atoms with Crippen LogP contribution in [0.3, 0.4) is 0 Å². The molecule has 2 aliphatic rings. The van der Waals surface area contributed by atoms with Crippen LogP contribution in [0.5, 0.6) is 0 Å². The van der Waals surface area contributed by atoms with Crippen molar-refractivity contribution >= 4 is 16.9 Å². The quantitative estimate of drug-likeness (QED) is 0.176. The Kier molecular flexibility index (Phi) is 9.85. The van der Waals surface area contributed by atoms with Crippen LogP contribution in [0.2, 0.25) is 0 Å². The van der Waals surface area contributed by atoms with Crippen molar-refractivity contribution in [1.82, 2.24) is 35.1 Å². The van der Waals surface area contributed by atoms with Gasteiger partial charge in [0.2, 0.25) is 0 Å². The van der Waals surface area contributed by atoms with Gasteiger partial charge >= 0.3 is 0 Å². The molecule has 4 aromatic rings. The number of benzene rings is 2. The van der Waals surface area contributed by atoms with E-state index in [-0.39, 0.29) is 5.91 Å². The van der Waals surface area contributed by atoms with E-state index in [4.69, 9.17) is 4.98 Å². The summed E-state index contributed by atoms with van der Waals surface area (Å²) < 4.78 is 0. The molecule has 0 saturated heterocycles. The number of amides is 1. The highest BCUT2D eigenvalue weighted by molar-refractivity contribution is 5.94. The number of fused-ring (bicyclic) bond motifs is 1. The Hall–Kier alpha value is -3.49. The number of rotatable bonds is 12. The van der Waals surface area contributed by atoms with Crippen LogP contribution in [-0.2, 0) is 19.6 Å². The van der Waals surface area contributed by atoms with Gasteiger partial charge in [0.15, 0.2) is 0 Å². The lowest BCUT2D eigenvalue weighted by atomic mass is 9.86. The zero-order valence-electron chi connectivity index (χ0n) is 25.6. The van der Waals surface area contributed by atoms with E-state index in [9.17, 15) is 4.79 Å². The van der Waals surface area contributed by atoms with Crippen LogP contribution < -0.4 is 5.32 Å². The molecule has 228 valence electrons. The number of aromatic amines is 2. The van der Waals surface area contributed by atoms with Crippen molar-refractivity contribution in [3.8, 4) is 0 Å². The summed E-state index contributed by atoms with van der Waals surface area (Å²) in [7, 11) is 0. The molecule has 2 aromatic carbocycles. The second-order valence-electron chi connectivity index (χ2n) is 12.5. The summed E-state index contributed by atoms with van der Waals surface area (Å²) >= 11 is 0. The van der Waals surface area contributed by atoms with Gasteiger partial charge in [-0.3, -0.25) is 9.69 Å². The molecule has 8 heteroatoms. The third-order valence-corrected chi connectivity index (χ3v) is 9.45. The number of hydrogen-bond donors (Lipinski definition) is 3. The molecule has 0 bridgehead atoms. The minimum absolute atomic E-state index is 0.0377. The highest BCUT2D eigenvalue weighted by Gasteiger charge is 2.30. The lowest BCUT2D eigenvalue weighted by molar-refractivity contribution is 0.0721. The molecule has 0 unspecified atom stereocenters. The van der Waals surface area contributed by atoms with Gasteiger partial charge in [-0.05, 0) is 81.3 Å². The Bertz CT molecular complexity index is 1380. The van der Waals surface area contributed by atoms with Crippen molar-refractivity contribution in [2.45, 2.75) is 109 Å². The lowest BCUT2D eigenvalue weighted by Gasteiger charge is -2.43. The van der Waals surface area contributed by atoms with E-state index in [0.29, 0.717) is 24.7 Å². The first kappa shape index (κ1) is 29.6. The van der Waals surface area contributed by atoms with Gasteiger partial charge in [-0.15, -0.1) is 0 Å². The van der Waals surface area contributed by atoms with Crippen LogP contribution in [-0.4, -0.2) is 60.3 Å².